The van der Waals surface area contributed by atoms with Gasteiger partial charge in [-0.1, -0.05) is 30.3 Å². The molecular formula is C31H29N3O. The maximum absolute atomic E-state index is 11.0. The number of benzene rings is 2. The standard InChI is InChI=1S/C31H29N3O/c1-31(2,35)29(25-10-15-33-16-11-25)21-23-5-3-6-26(18-23)28-20-24(17-22-8-13-32-14-9-22)19-27-7-4-12-34-30(27)28/h3-16,18-20,29,35H,17,21H2,1-2H3. The van der Waals surface area contributed by atoms with Gasteiger partial charge in [-0.2, -0.15) is 0 Å². The second-order valence-corrected chi connectivity index (χ2v) is 9.64. The van der Waals surface area contributed by atoms with E-state index >= 15 is 0 Å². The van der Waals surface area contributed by atoms with E-state index in [0.717, 1.165) is 40.4 Å². The second-order valence-electron chi connectivity index (χ2n) is 9.64. The van der Waals surface area contributed by atoms with Crippen molar-refractivity contribution in [2.75, 3.05) is 0 Å². The minimum atomic E-state index is -0.865. The molecule has 1 unspecified atom stereocenters. The van der Waals surface area contributed by atoms with Crippen LogP contribution in [0.3, 0.4) is 0 Å². The summed E-state index contributed by atoms with van der Waals surface area (Å²) >= 11 is 0. The number of fused-ring (bicyclic) bond motifs is 1. The van der Waals surface area contributed by atoms with Crippen molar-refractivity contribution in [1.82, 2.24) is 15.0 Å². The van der Waals surface area contributed by atoms with Crippen molar-refractivity contribution in [3.8, 4) is 11.1 Å². The molecule has 2 aromatic carbocycles. The predicted molar refractivity (Wildman–Crippen MR) is 141 cm³/mol. The Labute approximate surface area is 206 Å². The van der Waals surface area contributed by atoms with Gasteiger partial charge in [-0.05, 0) is 97.0 Å². The zero-order chi connectivity index (χ0) is 24.3. The molecule has 5 aromatic rings. The van der Waals surface area contributed by atoms with Gasteiger partial charge in [0.05, 0.1) is 11.1 Å². The molecule has 3 heterocycles. The Morgan fingerprint density at radius 2 is 1.49 bits per heavy atom. The summed E-state index contributed by atoms with van der Waals surface area (Å²) in [6.45, 7) is 3.75. The van der Waals surface area contributed by atoms with E-state index in [1.165, 1.54) is 16.7 Å². The third-order valence-corrected chi connectivity index (χ3v) is 6.56. The van der Waals surface area contributed by atoms with Crippen LogP contribution in [0.25, 0.3) is 22.0 Å². The van der Waals surface area contributed by atoms with E-state index in [0.29, 0.717) is 0 Å². The molecule has 1 atom stereocenters. The van der Waals surface area contributed by atoms with Gasteiger partial charge in [-0.25, -0.2) is 0 Å². The van der Waals surface area contributed by atoms with Crippen LogP contribution in [-0.4, -0.2) is 25.7 Å². The Morgan fingerprint density at radius 3 is 2.23 bits per heavy atom. The van der Waals surface area contributed by atoms with Crippen LogP contribution in [0.4, 0.5) is 0 Å². The Bertz CT molecular complexity index is 1430. The van der Waals surface area contributed by atoms with Crippen LogP contribution in [0.5, 0.6) is 0 Å². The average Bonchev–Trinajstić information content (AvgIpc) is 2.87. The van der Waals surface area contributed by atoms with Crippen LogP contribution in [-0.2, 0) is 12.8 Å². The van der Waals surface area contributed by atoms with E-state index in [9.17, 15) is 5.11 Å². The fraction of sp³-hybridized carbons (Fsp3) is 0.194. The largest absolute Gasteiger partial charge is 0.390 e. The molecule has 4 heteroatoms. The molecule has 5 rings (SSSR count). The van der Waals surface area contributed by atoms with Gasteiger partial charge in [0.15, 0.2) is 0 Å². The van der Waals surface area contributed by atoms with Crippen LogP contribution in [0, 0.1) is 0 Å². The van der Waals surface area contributed by atoms with Gasteiger partial charge in [-0.15, -0.1) is 0 Å². The van der Waals surface area contributed by atoms with Crippen LogP contribution in [0.1, 0.15) is 42.0 Å². The van der Waals surface area contributed by atoms with Gasteiger partial charge in [0.1, 0.15) is 0 Å². The highest BCUT2D eigenvalue weighted by Gasteiger charge is 2.28. The molecule has 0 saturated carbocycles. The van der Waals surface area contributed by atoms with Crippen molar-refractivity contribution in [1.29, 1.82) is 0 Å². The maximum atomic E-state index is 11.0. The van der Waals surface area contributed by atoms with E-state index in [4.69, 9.17) is 4.98 Å². The Hall–Kier alpha value is -3.89. The Kier molecular flexibility index (Phi) is 6.39. The molecule has 0 fully saturated rings. The molecule has 1 N–H and O–H groups in total. The lowest BCUT2D eigenvalue weighted by molar-refractivity contribution is 0.0496. The number of aromatic nitrogens is 3. The van der Waals surface area contributed by atoms with E-state index in [1.807, 2.05) is 50.6 Å². The van der Waals surface area contributed by atoms with Gasteiger partial charge in [-0.3, -0.25) is 15.0 Å². The summed E-state index contributed by atoms with van der Waals surface area (Å²) in [7, 11) is 0. The summed E-state index contributed by atoms with van der Waals surface area (Å²) in [5, 5.41) is 12.1. The van der Waals surface area contributed by atoms with Crippen molar-refractivity contribution >= 4 is 10.9 Å². The van der Waals surface area contributed by atoms with Gasteiger partial charge < -0.3 is 5.11 Å². The van der Waals surface area contributed by atoms with Crippen molar-refractivity contribution in [3.63, 3.8) is 0 Å². The van der Waals surface area contributed by atoms with Crippen LogP contribution < -0.4 is 0 Å². The topological polar surface area (TPSA) is 58.9 Å². The van der Waals surface area contributed by atoms with Gasteiger partial charge >= 0.3 is 0 Å². The molecule has 0 amide bonds. The van der Waals surface area contributed by atoms with Crippen LogP contribution >= 0.6 is 0 Å². The number of aliphatic hydroxyl groups is 1. The van der Waals surface area contributed by atoms with Crippen molar-refractivity contribution < 1.29 is 5.11 Å². The zero-order valence-electron chi connectivity index (χ0n) is 20.1. The van der Waals surface area contributed by atoms with Gasteiger partial charge in [0.2, 0.25) is 0 Å². The monoisotopic (exact) mass is 459 g/mol. The normalized spacial score (nSPS) is 12.5. The van der Waals surface area contributed by atoms with Crippen molar-refractivity contribution in [3.05, 3.63) is 126 Å². The highest BCUT2D eigenvalue weighted by Crippen LogP contribution is 2.34. The van der Waals surface area contributed by atoms with Crippen molar-refractivity contribution in [2.45, 2.75) is 38.2 Å². The molecule has 0 aliphatic carbocycles. The highest BCUT2D eigenvalue weighted by atomic mass is 16.3. The van der Waals surface area contributed by atoms with Crippen LogP contribution in [0.15, 0.2) is 104 Å². The SMILES string of the molecule is CC(C)(O)C(Cc1cccc(-c2cc(Cc3ccncc3)cc3cccnc23)c1)c1ccncc1. The lowest BCUT2D eigenvalue weighted by atomic mass is 9.80. The lowest BCUT2D eigenvalue weighted by Gasteiger charge is -2.30. The molecule has 3 aromatic heterocycles. The molecule has 0 aliphatic rings. The average molecular weight is 460 g/mol. The minimum absolute atomic E-state index is 0.0476. The first-order chi connectivity index (χ1) is 17.0. The highest BCUT2D eigenvalue weighted by molar-refractivity contribution is 5.94. The van der Waals surface area contributed by atoms with Gasteiger partial charge in [0.25, 0.3) is 0 Å². The molecule has 0 bridgehead atoms. The second kappa shape index (κ2) is 9.77. The maximum Gasteiger partial charge on any atom is 0.0780 e. The smallest absolute Gasteiger partial charge is 0.0780 e. The molecular weight excluding hydrogens is 430 g/mol. The molecule has 174 valence electrons. The van der Waals surface area contributed by atoms with Crippen LogP contribution in [0.2, 0.25) is 0 Å². The molecule has 0 aliphatic heterocycles. The molecule has 0 radical (unpaired) electrons. The molecule has 0 saturated heterocycles. The van der Waals surface area contributed by atoms with E-state index in [2.05, 4.69) is 64.6 Å². The number of hydrogen-bond donors (Lipinski definition) is 1. The first-order valence-electron chi connectivity index (χ1n) is 12.0. The van der Waals surface area contributed by atoms with E-state index < -0.39 is 5.60 Å². The Morgan fingerprint density at radius 1 is 0.743 bits per heavy atom. The number of rotatable bonds is 7. The molecule has 35 heavy (non-hydrogen) atoms. The minimum Gasteiger partial charge on any atom is -0.390 e. The fourth-order valence-corrected chi connectivity index (χ4v) is 4.79. The van der Waals surface area contributed by atoms with E-state index in [-0.39, 0.29) is 5.92 Å². The zero-order valence-corrected chi connectivity index (χ0v) is 20.1. The Balaban J connectivity index is 1.54. The lowest BCUT2D eigenvalue weighted by Crippen LogP contribution is -2.30. The van der Waals surface area contributed by atoms with Crippen molar-refractivity contribution in [2.24, 2.45) is 0 Å². The number of nitrogens with zero attached hydrogens (tertiary/aromatic N) is 3. The number of hydrogen-bond acceptors (Lipinski definition) is 4. The summed E-state index contributed by atoms with van der Waals surface area (Å²) < 4.78 is 0. The third kappa shape index (κ3) is 5.28. The number of pyridine rings is 3. The molecule has 0 spiro atoms. The first kappa shape index (κ1) is 22.9. The first-order valence-corrected chi connectivity index (χ1v) is 12.0. The third-order valence-electron chi connectivity index (χ3n) is 6.56. The summed E-state index contributed by atoms with van der Waals surface area (Å²) in [5.41, 5.74) is 7.12. The fourth-order valence-electron chi connectivity index (χ4n) is 4.79. The summed E-state index contributed by atoms with van der Waals surface area (Å²) in [4.78, 5) is 13.0. The van der Waals surface area contributed by atoms with E-state index in [1.54, 1.807) is 12.4 Å². The molecule has 4 nitrogen and oxygen atoms in total. The quantitative estimate of drug-likeness (QED) is 0.307. The van der Waals surface area contributed by atoms with Gasteiger partial charge in [0, 0.05) is 47.9 Å². The summed E-state index contributed by atoms with van der Waals surface area (Å²) in [6.07, 6.45) is 10.7. The predicted octanol–water partition coefficient (Wildman–Crippen LogP) is 6.38. The summed E-state index contributed by atoms with van der Waals surface area (Å²) in [5.74, 6) is -0.0476. The summed E-state index contributed by atoms with van der Waals surface area (Å²) in [6, 6.07) is 25.3.